The van der Waals surface area contributed by atoms with Crippen LogP contribution in [0, 0.1) is 0 Å². The predicted octanol–water partition coefficient (Wildman–Crippen LogP) is 0.507. The molecule has 1 N–H and O–H groups in total. The van der Waals surface area contributed by atoms with Crippen molar-refractivity contribution in [2.75, 3.05) is 18.8 Å². The Labute approximate surface area is 108 Å². The minimum atomic E-state index is -0.252. The lowest BCUT2D eigenvalue weighted by atomic mass is 10.2. The van der Waals surface area contributed by atoms with Crippen molar-refractivity contribution in [3.63, 3.8) is 0 Å². The number of nitrogens with one attached hydrogen (secondary N) is 1. The molecule has 0 aromatic carbocycles. The van der Waals surface area contributed by atoms with E-state index in [2.05, 4.69) is 10.3 Å². The molecule has 94 valence electrons. The van der Waals surface area contributed by atoms with E-state index in [0.717, 1.165) is 16.7 Å². The van der Waals surface area contributed by atoms with Gasteiger partial charge >= 0.3 is 0 Å². The zero-order valence-electron chi connectivity index (χ0n) is 9.46. The second-order valence-electron chi connectivity index (χ2n) is 3.59. The standard InChI is InChI=1S/C11H11N3O3S/c15-9-7-18-11(17)14(9)6-5-13-10(16)8-1-3-12-4-2-8/h1-4H,5-7H2,(H,13,16). The Morgan fingerprint density at radius 2 is 2.11 bits per heavy atom. The molecule has 2 rings (SSSR count). The van der Waals surface area contributed by atoms with E-state index in [1.54, 1.807) is 12.1 Å². The molecule has 3 amide bonds. The lowest BCUT2D eigenvalue weighted by Crippen LogP contribution is -2.37. The van der Waals surface area contributed by atoms with Gasteiger partial charge < -0.3 is 5.32 Å². The molecule has 1 fully saturated rings. The lowest BCUT2D eigenvalue weighted by Gasteiger charge is -2.12. The third kappa shape index (κ3) is 2.86. The number of imide groups is 1. The van der Waals surface area contributed by atoms with Crippen LogP contribution in [0.15, 0.2) is 24.5 Å². The molecule has 0 radical (unpaired) electrons. The smallest absolute Gasteiger partial charge is 0.288 e. The third-order valence-electron chi connectivity index (χ3n) is 2.40. The highest BCUT2D eigenvalue weighted by Gasteiger charge is 2.29. The third-order valence-corrected chi connectivity index (χ3v) is 3.26. The minimum Gasteiger partial charge on any atom is -0.350 e. The highest BCUT2D eigenvalue weighted by atomic mass is 32.2. The first-order valence-corrected chi connectivity index (χ1v) is 6.32. The number of aromatic nitrogens is 1. The van der Waals surface area contributed by atoms with Crippen LogP contribution in [0.25, 0.3) is 0 Å². The maximum Gasteiger partial charge on any atom is 0.288 e. The molecule has 0 saturated carbocycles. The van der Waals surface area contributed by atoms with Gasteiger partial charge in [0.25, 0.3) is 11.1 Å². The van der Waals surface area contributed by atoms with Crippen LogP contribution in [0.2, 0.25) is 0 Å². The zero-order chi connectivity index (χ0) is 13.0. The van der Waals surface area contributed by atoms with Gasteiger partial charge in [0.05, 0.1) is 5.75 Å². The molecule has 1 saturated heterocycles. The molecule has 1 aliphatic rings. The summed E-state index contributed by atoms with van der Waals surface area (Å²) in [7, 11) is 0. The molecule has 0 aliphatic carbocycles. The Morgan fingerprint density at radius 1 is 1.39 bits per heavy atom. The van der Waals surface area contributed by atoms with E-state index in [0.29, 0.717) is 5.56 Å². The second-order valence-corrected chi connectivity index (χ2v) is 4.52. The van der Waals surface area contributed by atoms with Gasteiger partial charge in [-0.25, -0.2) is 0 Å². The van der Waals surface area contributed by atoms with Gasteiger partial charge in [0.15, 0.2) is 0 Å². The summed E-state index contributed by atoms with van der Waals surface area (Å²) < 4.78 is 0. The number of carbonyl (C=O) groups excluding carboxylic acids is 3. The van der Waals surface area contributed by atoms with Crippen molar-refractivity contribution in [1.29, 1.82) is 0 Å². The Hall–Kier alpha value is -1.89. The van der Waals surface area contributed by atoms with E-state index < -0.39 is 0 Å². The first-order chi connectivity index (χ1) is 8.68. The topological polar surface area (TPSA) is 79.4 Å². The van der Waals surface area contributed by atoms with E-state index in [1.807, 2.05) is 0 Å². The van der Waals surface area contributed by atoms with Gasteiger partial charge in [-0.1, -0.05) is 11.8 Å². The van der Waals surface area contributed by atoms with Crippen molar-refractivity contribution < 1.29 is 14.4 Å². The van der Waals surface area contributed by atoms with Crippen LogP contribution in [0.4, 0.5) is 4.79 Å². The molecule has 0 unspecified atom stereocenters. The van der Waals surface area contributed by atoms with Crippen LogP contribution in [0.5, 0.6) is 0 Å². The number of pyridine rings is 1. The molecule has 18 heavy (non-hydrogen) atoms. The fourth-order valence-electron chi connectivity index (χ4n) is 1.48. The number of hydrogen-bond acceptors (Lipinski definition) is 5. The van der Waals surface area contributed by atoms with E-state index in [-0.39, 0.29) is 35.9 Å². The zero-order valence-corrected chi connectivity index (χ0v) is 10.3. The molecule has 1 aromatic rings. The van der Waals surface area contributed by atoms with Crippen LogP contribution < -0.4 is 5.32 Å². The molecule has 1 aromatic heterocycles. The maximum atomic E-state index is 11.6. The summed E-state index contributed by atoms with van der Waals surface area (Å²) in [5.41, 5.74) is 0.499. The quantitative estimate of drug-likeness (QED) is 0.858. The van der Waals surface area contributed by atoms with Crippen LogP contribution in [-0.2, 0) is 4.79 Å². The Bertz CT molecular complexity index is 462. The molecule has 0 spiro atoms. The molecule has 0 atom stereocenters. The van der Waals surface area contributed by atoms with E-state index in [4.69, 9.17) is 0 Å². The van der Waals surface area contributed by atoms with E-state index >= 15 is 0 Å². The molecule has 6 nitrogen and oxygen atoms in total. The van der Waals surface area contributed by atoms with Gasteiger partial charge in [0.2, 0.25) is 5.91 Å². The molecule has 2 heterocycles. The fourth-order valence-corrected chi connectivity index (χ4v) is 2.24. The number of amides is 3. The van der Waals surface area contributed by atoms with Crippen molar-refractivity contribution in [2.24, 2.45) is 0 Å². The van der Waals surface area contributed by atoms with Crippen LogP contribution in [-0.4, -0.2) is 45.8 Å². The van der Waals surface area contributed by atoms with Crippen molar-refractivity contribution in [1.82, 2.24) is 15.2 Å². The normalized spacial score (nSPS) is 15.0. The number of carbonyl (C=O) groups is 3. The van der Waals surface area contributed by atoms with Crippen LogP contribution in [0.3, 0.4) is 0 Å². The van der Waals surface area contributed by atoms with E-state index in [9.17, 15) is 14.4 Å². The van der Waals surface area contributed by atoms with Crippen molar-refractivity contribution in [3.8, 4) is 0 Å². The largest absolute Gasteiger partial charge is 0.350 e. The van der Waals surface area contributed by atoms with Crippen molar-refractivity contribution >= 4 is 28.8 Å². The lowest BCUT2D eigenvalue weighted by molar-refractivity contribution is -0.124. The number of hydrogen-bond donors (Lipinski definition) is 1. The molecular weight excluding hydrogens is 254 g/mol. The predicted molar refractivity (Wildman–Crippen MR) is 66.1 cm³/mol. The number of rotatable bonds is 4. The summed E-state index contributed by atoms with van der Waals surface area (Å²) in [6.45, 7) is 0.459. The van der Waals surface area contributed by atoms with Gasteiger partial charge in [-0.05, 0) is 12.1 Å². The first kappa shape index (κ1) is 12.6. The summed E-state index contributed by atoms with van der Waals surface area (Å²) in [6, 6.07) is 3.19. The van der Waals surface area contributed by atoms with Crippen molar-refractivity contribution in [2.45, 2.75) is 0 Å². The molecule has 7 heteroatoms. The maximum absolute atomic E-state index is 11.6. The summed E-state index contributed by atoms with van der Waals surface area (Å²) in [6.07, 6.45) is 3.05. The molecule has 1 aliphatic heterocycles. The monoisotopic (exact) mass is 265 g/mol. The highest BCUT2D eigenvalue weighted by molar-refractivity contribution is 8.14. The Balaban J connectivity index is 1.81. The van der Waals surface area contributed by atoms with Gasteiger partial charge in [-0.15, -0.1) is 0 Å². The minimum absolute atomic E-state index is 0.192. The number of thioether (sulfide) groups is 1. The van der Waals surface area contributed by atoms with Crippen LogP contribution in [0.1, 0.15) is 10.4 Å². The SMILES string of the molecule is O=C(NCCN1C(=O)CSC1=O)c1ccncc1. The second kappa shape index (κ2) is 5.63. The summed E-state index contributed by atoms with van der Waals surface area (Å²) in [4.78, 5) is 39.2. The average molecular weight is 265 g/mol. The van der Waals surface area contributed by atoms with Gasteiger partial charge in [0, 0.05) is 31.0 Å². The van der Waals surface area contributed by atoms with Gasteiger partial charge in [0.1, 0.15) is 0 Å². The van der Waals surface area contributed by atoms with Gasteiger partial charge in [-0.3, -0.25) is 24.3 Å². The van der Waals surface area contributed by atoms with Crippen LogP contribution >= 0.6 is 11.8 Å². The highest BCUT2D eigenvalue weighted by Crippen LogP contribution is 2.17. The molecule has 0 bridgehead atoms. The van der Waals surface area contributed by atoms with E-state index in [1.165, 1.54) is 12.4 Å². The Kier molecular flexibility index (Phi) is 3.93. The van der Waals surface area contributed by atoms with Crippen molar-refractivity contribution in [3.05, 3.63) is 30.1 Å². The van der Waals surface area contributed by atoms with Gasteiger partial charge in [-0.2, -0.15) is 0 Å². The summed E-state index contributed by atoms with van der Waals surface area (Å²) >= 11 is 0.985. The fraction of sp³-hybridized carbons (Fsp3) is 0.273. The summed E-state index contributed by atoms with van der Waals surface area (Å²) in [5.74, 6) is -0.260. The first-order valence-electron chi connectivity index (χ1n) is 5.34. The average Bonchev–Trinajstić information content (AvgIpc) is 2.71. The molecular formula is C11H11N3O3S. The summed E-state index contributed by atoms with van der Waals surface area (Å²) in [5, 5.41) is 2.39. The Morgan fingerprint density at radius 3 is 2.72 bits per heavy atom. The number of nitrogens with zero attached hydrogens (tertiary/aromatic N) is 2.